The second-order valence-electron chi connectivity index (χ2n) is 7.01. The lowest BCUT2D eigenvalue weighted by atomic mass is 9.77. The highest BCUT2D eigenvalue weighted by Crippen LogP contribution is 2.45. The summed E-state index contributed by atoms with van der Waals surface area (Å²) in [4.78, 5) is 2.64. The number of rotatable bonds is 1. The molecule has 0 fully saturated rings. The monoisotopic (exact) mass is 311 g/mol. The van der Waals surface area contributed by atoms with Crippen molar-refractivity contribution in [1.82, 2.24) is 0 Å². The molecule has 0 aromatic heterocycles. The summed E-state index contributed by atoms with van der Waals surface area (Å²) < 4.78 is 0. The van der Waals surface area contributed by atoms with E-state index in [0.717, 1.165) is 13.0 Å². The lowest BCUT2D eigenvalue weighted by Crippen LogP contribution is -2.44. The molecule has 2 atom stereocenters. The molecule has 2 heterocycles. The van der Waals surface area contributed by atoms with Gasteiger partial charge in [0.25, 0.3) is 0 Å². The predicted molar refractivity (Wildman–Crippen MR) is 99.5 cm³/mol. The molecule has 0 bridgehead atoms. The molecule has 1 nitrogen and oxygen atoms in total. The maximum atomic E-state index is 2.64. The number of nitrogens with zero attached hydrogens (tertiary/aromatic N) is 1. The molecule has 2 aliphatic rings. The SMILES string of the molecule is c1ccc([C@H]2C[C@@H]3Cc4ccccc4CN3c3ccccc32)cc1. The van der Waals surface area contributed by atoms with Gasteiger partial charge < -0.3 is 4.90 Å². The molecule has 1 heteroatoms. The van der Waals surface area contributed by atoms with Crippen molar-refractivity contribution >= 4 is 5.69 Å². The highest BCUT2D eigenvalue weighted by Gasteiger charge is 2.35. The van der Waals surface area contributed by atoms with E-state index in [9.17, 15) is 0 Å². The predicted octanol–water partition coefficient (Wildman–Crippen LogP) is 5.15. The van der Waals surface area contributed by atoms with Gasteiger partial charge in [0.1, 0.15) is 0 Å². The van der Waals surface area contributed by atoms with Crippen LogP contribution in [0, 0.1) is 0 Å². The van der Waals surface area contributed by atoms with Crippen LogP contribution < -0.4 is 4.90 Å². The van der Waals surface area contributed by atoms with E-state index in [1.54, 1.807) is 0 Å². The molecular weight excluding hydrogens is 290 g/mol. The lowest BCUT2D eigenvalue weighted by Gasteiger charge is -2.45. The third-order valence-corrected chi connectivity index (χ3v) is 5.69. The van der Waals surface area contributed by atoms with Crippen LogP contribution in [0.15, 0.2) is 78.9 Å². The van der Waals surface area contributed by atoms with Gasteiger partial charge in [-0.05, 0) is 41.2 Å². The minimum Gasteiger partial charge on any atom is -0.364 e. The molecule has 3 aromatic rings. The zero-order chi connectivity index (χ0) is 15.9. The second kappa shape index (κ2) is 5.52. The van der Waals surface area contributed by atoms with E-state index >= 15 is 0 Å². The normalized spacial score (nSPS) is 21.6. The number of hydrogen-bond donors (Lipinski definition) is 0. The van der Waals surface area contributed by atoms with Crippen molar-refractivity contribution in [3.8, 4) is 0 Å². The van der Waals surface area contributed by atoms with E-state index in [1.165, 1.54) is 34.4 Å². The third-order valence-electron chi connectivity index (χ3n) is 5.69. The molecule has 0 saturated carbocycles. The Balaban J connectivity index is 1.61. The number of para-hydroxylation sites is 1. The highest BCUT2D eigenvalue weighted by atomic mass is 15.2. The summed E-state index contributed by atoms with van der Waals surface area (Å²) >= 11 is 0. The Morgan fingerprint density at radius 1 is 0.708 bits per heavy atom. The molecule has 0 unspecified atom stereocenters. The summed E-state index contributed by atoms with van der Waals surface area (Å²) in [5, 5.41) is 0. The fraction of sp³-hybridized carbons (Fsp3) is 0.217. The van der Waals surface area contributed by atoms with Crippen LogP contribution in [0.5, 0.6) is 0 Å². The van der Waals surface area contributed by atoms with Gasteiger partial charge in [0.2, 0.25) is 0 Å². The molecular formula is C23H21N. The molecule has 0 saturated heterocycles. The molecule has 0 amide bonds. The van der Waals surface area contributed by atoms with E-state index in [1.807, 2.05) is 0 Å². The maximum Gasteiger partial charge on any atom is 0.0435 e. The number of fused-ring (bicyclic) bond motifs is 4. The Morgan fingerprint density at radius 3 is 2.29 bits per heavy atom. The summed E-state index contributed by atoms with van der Waals surface area (Å²) in [6, 6.07) is 29.6. The van der Waals surface area contributed by atoms with Crippen molar-refractivity contribution in [1.29, 1.82) is 0 Å². The Bertz CT molecular complexity index is 868. The minimum absolute atomic E-state index is 0.508. The second-order valence-corrected chi connectivity index (χ2v) is 7.01. The minimum atomic E-state index is 0.508. The van der Waals surface area contributed by atoms with Gasteiger partial charge in [0, 0.05) is 24.2 Å². The van der Waals surface area contributed by atoms with Crippen LogP contribution in [0.25, 0.3) is 0 Å². The van der Waals surface area contributed by atoms with Crippen molar-refractivity contribution in [3.63, 3.8) is 0 Å². The zero-order valence-corrected chi connectivity index (χ0v) is 13.7. The highest BCUT2D eigenvalue weighted by molar-refractivity contribution is 5.62. The smallest absolute Gasteiger partial charge is 0.0435 e. The lowest BCUT2D eigenvalue weighted by molar-refractivity contribution is 0.470. The maximum absolute atomic E-state index is 2.64. The van der Waals surface area contributed by atoms with Crippen LogP contribution in [0.2, 0.25) is 0 Å². The molecule has 0 radical (unpaired) electrons. The number of benzene rings is 3. The fourth-order valence-electron chi connectivity index (χ4n) is 4.52. The topological polar surface area (TPSA) is 3.24 Å². The summed E-state index contributed by atoms with van der Waals surface area (Å²) in [7, 11) is 0. The summed E-state index contributed by atoms with van der Waals surface area (Å²) in [6.45, 7) is 1.04. The van der Waals surface area contributed by atoms with Gasteiger partial charge in [0.05, 0.1) is 0 Å². The molecule has 0 spiro atoms. The quantitative estimate of drug-likeness (QED) is 0.600. The Hall–Kier alpha value is -2.54. The van der Waals surface area contributed by atoms with Crippen LogP contribution in [-0.2, 0) is 13.0 Å². The number of hydrogen-bond acceptors (Lipinski definition) is 1. The Morgan fingerprint density at radius 2 is 1.42 bits per heavy atom. The average Bonchev–Trinajstić information content (AvgIpc) is 2.66. The fourth-order valence-corrected chi connectivity index (χ4v) is 4.52. The first-order valence-electron chi connectivity index (χ1n) is 8.87. The van der Waals surface area contributed by atoms with Crippen molar-refractivity contribution in [2.45, 2.75) is 31.3 Å². The Kier molecular flexibility index (Phi) is 3.19. The average molecular weight is 311 g/mol. The van der Waals surface area contributed by atoms with Crippen molar-refractivity contribution in [2.75, 3.05) is 4.90 Å². The van der Waals surface area contributed by atoms with Gasteiger partial charge in [-0.25, -0.2) is 0 Å². The van der Waals surface area contributed by atoms with Crippen LogP contribution >= 0.6 is 0 Å². The van der Waals surface area contributed by atoms with Crippen LogP contribution in [-0.4, -0.2) is 6.04 Å². The molecule has 2 aliphatic heterocycles. The third kappa shape index (κ3) is 2.16. The summed E-state index contributed by atoms with van der Waals surface area (Å²) in [6.07, 6.45) is 2.36. The molecule has 118 valence electrons. The van der Waals surface area contributed by atoms with Crippen molar-refractivity contribution in [2.24, 2.45) is 0 Å². The summed E-state index contributed by atoms with van der Waals surface area (Å²) in [5.41, 5.74) is 7.38. The number of anilines is 1. The Labute approximate surface area is 143 Å². The molecule has 24 heavy (non-hydrogen) atoms. The van der Waals surface area contributed by atoms with E-state index < -0.39 is 0 Å². The van der Waals surface area contributed by atoms with Crippen molar-refractivity contribution < 1.29 is 0 Å². The molecule has 3 aromatic carbocycles. The van der Waals surface area contributed by atoms with E-state index in [4.69, 9.17) is 0 Å². The van der Waals surface area contributed by atoms with Gasteiger partial charge in [-0.1, -0.05) is 72.8 Å². The molecule has 0 aliphatic carbocycles. The van der Waals surface area contributed by atoms with Crippen molar-refractivity contribution in [3.05, 3.63) is 101 Å². The van der Waals surface area contributed by atoms with Gasteiger partial charge in [0.15, 0.2) is 0 Å². The molecule has 0 N–H and O–H groups in total. The van der Waals surface area contributed by atoms with E-state index in [0.29, 0.717) is 12.0 Å². The van der Waals surface area contributed by atoms with Gasteiger partial charge >= 0.3 is 0 Å². The van der Waals surface area contributed by atoms with Gasteiger partial charge in [-0.15, -0.1) is 0 Å². The van der Waals surface area contributed by atoms with Gasteiger partial charge in [-0.2, -0.15) is 0 Å². The van der Waals surface area contributed by atoms with E-state index in [-0.39, 0.29) is 0 Å². The van der Waals surface area contributed by atoms with Gasteiger partial charge in [-0.3, -0.25) is 0 Å². The standard InChI is InChI=1S/C23H21N/c1-2-8-17(9-3-1)22-15-20-14-18-10-4-5-11-19(18)16-24(20)23-13-7-6-12-21(22)23/h1-13,20,22H,14-16H2/t20-,22+/m0/s1. The zero-order valence-electron chi connectivity index (χ0n) is 13.7. The summed E-state index contributed by atoms with van der Waals surface area (Å²) in [5.74, 6) is 0.508. The van der Waals surface area contributed by atoms with Crippen LogP contribution in [0.1, 0.15) is 34.6 Å². The first kappa shape index (κ1) is 13.9. The largest absolute Gasteiger partial charge is 0.364 e. The van der Waals surface area contributed by atoms with Crippen LogP contribution in [0.3, 0.4) is 0 Å². The first-order chi connectivity index (χ1) is 11.9. The molecule has 5 rings (SSSR count). The van der Waals surface area contributed by atoms with E-state index in [2.05, 4.69) is 83.8 Å². The first-order valence-corrected chi connectivity index (χ1v) is 8.87. The van der Waals surface area contributed by atoms with Crippen LogP contribution in [0.4, 0.5) is 5.69 Å².